The lowest BCUT2D eigenvalue weighted by Crippen LogP contribution is -2.34. The lowest BCUT2D eigenvalue weighted by molar-refractivity contribution is -0.0247. The first-order chi connectivity index (χ1) is 16.0. The number of nitrogens with zero attached hydrogens (tertiary/aromatic N) is 4. The van der Waals surface area contributed by atoms with E-state index in [1.165, 1.54) is 6.07 Å². The topological polar surface area (TPSA) is 117 Å². The quantitative estimate of drug-likeness (QED) is 0.558. The Balaban J connectivity index is 1.49. The third-order valence-electron chi connectivity index (χ3n) is 6.54. The molecule has 1 unspecified atom stereocenters. The zero-order valence-electron chi connectivity index (χ0n) is 18.3. The third kappa shape index (κ3) is 3.91. The molecule has 9 nitrogen and oxygen atoms in total. The summed E-state index contributed by atoms with van der Waals surface area (Å²) in [7, 11) is 1.60. The van der Waals surface area contributed by atoms with Crippen molar-refractivity contribution in [2.45, 2.75) is 43.7 Å². The van der Waals surface area contributed by atoms with Crippen molar-refractivity contribution < 1.29 is 14.3 Å². The summed E-state index contributed by atoms with van der Waals surface area (Å²) >= 11 is 5.99. The average Bonchev–Trinajstić information content (AvgIpc) is 3.55. The van der Waals surface area contributed by atoms with Crippen LogP contribution in [0.25, 0.3) is 11.1 Å². The number of rotatable bonds is 6. The van der Waals surface area contributed by atoms with Crippen molar-refractivity contribution in [2.75, 3.05) is 19.0 Å². The summed E-state index contributed by atoms with van der Waals surface area (Å²) in [4.78, 5) is 11.8. The largest absolute Gasteiger partial charge is 0.494 e. The SMILES string of the molecule is COc1c(Nc2cc(Cl)nnc2C(N)=O)cccc1-c1cnn(C2CCC[C@]23CCCO3)c1. The molecule has 2 aliphatic rings. The summed E-state index contributed by atoms with van der Waals surface area (Å²) in [5, 5.41) is 15.5. The number of nitrogens with two attached hydrogens (primary N) is 1. The summed E-state index contributed by atoms with van der Waals surface area (Å²) < 4.78 is 14.0. The van der Waals surface area contributed by atoms with Crippen LogP contribution in [0.1, 0.15) is 48.6 Å². The van der Waals surface area contributed by atoms with Gasteiger partial charge >= 0.3 is 0 Å². The summed E-state index contributed by atoms with van der Waals surface area (Å²) in [6, 6.07) is 7.44. The number of halogens is 1. The van der Waals surface area contributed by atoms with Gasteiger partial charge < -0.3 is 20.5 Å². The van der Waals surface area contributed by atoms with Crippen molar-refractivity contribution in [1.29, 1.82) is 0 Å². The van der Waals surface area contributed by atoms with E-state index in [0.717, 1.165) is 49.8 Å². The Labute approximate surface area is 196 Å². The lowest BCUT2D eigenvalue weighted by Gasteiger charge is -2.30. The Bertz CT molecular complexity index is 1190. The highest BCUT2D eigenvalue weighted by molar-refractivity contribution is 6.29. The van der Waals surface area contributed by atoms with Gasteiger partial charge in [0.05, 0.1) is 36.3 Å². The molecule has 3 N–H and O–H groups in total. The van der Waals surface area contributed by atoms with Crippen LogP contribution >= 0.6 is 11.6 Å². The maximum atomic E-state index is 11.8. The maximum absolute atomic E-state index is 11.8. The van der Waals surface area contributed by atoms with E-state index in [0.29, 0.717) is 17.1 Å². The molecule has 1 aliphatic carbocycles. The molecule has 2 aromatic heterocycles. The monoisotopic (exact) mass is 468 g/mol. The zero-order valence-corrected chi connectivity index (χ0v) is 19.0. The van der Waals surface area contributed by atoms with Gasteiger partial charge in [-0.05, 0) is 38.2 Å². The van der Waals surface area contributed by atoms with Crippen molar-refractivity contribution in [3.05, 3.63) is 47.5 Å². The fourth-order valence-corrected chi connectivity index (χ4v) is 5.24. The standard InChI is InChI=1S/C23H25ClN6O3/c1-32-21-15(5-2-6-16(21)27-17-11-19(24)28-29-20(17)22(25)31)14-12-26-30(13-14)18-7-3-8-23(18)9-4-10-33-23/h2,5-6,11-13,18H,3-4,7-10H2,1H3,(H2,25,31)(H,27,28)/t18?,23-/m0/s1. The van der Waals surface area contributed by atoms with Gasteiger partial charge in [-0.1, -0.05) is 23.7 Å². The molecule has 2 atom stereocenters. The second-order valence-corrected chi connectivity index (χ2v) is 8.83. The Morgan fingerprint density at radius 1 is 1.30 bits per heavy atom. The number of hydrogen-bond donors (Lipinski definition) is 2. The van der Waals surface area contributed by atoms with Crippen molar-refractivity contribution in [1.82, 2.24) is 20.0 Å². The van der Waals surface area contributed by atoms with E-state index in [4.69, 9.17) is 31.9 Å². The minimum Gasteiger partial charge on any atom is -0.494 e. The number of hydrogen-bond acceptors (Lipinski definition) is 7. The summed E-state index contributed by atoms with van der Waals surface area (Å²) in [6.07, 6.45) is 9.38. The first kappa shape index (κ1) is 21.7. The molecule has 0 radical (unpaired) electrons. The summed E-state index contributed by atoms with van der Waals surface area (Å²) in [6.45, 7) is 0.827. The highest BCUT2D eigenvalue weighted by Gasteiger charge is 2.47. The minimum absolute atomic E-state index is 0.0113. The van der Waals surface area contributed by atoms with E-state index in [2.05, 4.69) is 21.7 Å². The van der Waals surface area contributed by atoms with Gasteiger partial charge in [0.2, 0.25) is 0 Å². The molecule has 1 aliphatic heterocycles. The average molecular weight is 469 g/mol. The van der Waals surface area contributed by atoms with Crippen LogP contribution < -0.4 is 15.8 Å². The number of nitrogens with one attached hydrogen (secondary N) is 1. The molecule has 5 rings (SSSR count). The van der Waals surface area contributed by atoms with Gasteiger partial charge in [-0.2, -0.15) is 5.10 Å². The number of carbonyl (C=O) groups excluding carboxylic acids is 1. The first-order valence-corrected chi connectivity index (χ1v) is 11.3. The van der Waals surface area contributed by atoms with Crippen LogP contribution in [0.3, 0.4) is 0 Å². The van der Waals surface area contributed by atoms with E-state index in [1.54, 1.807) is 7.11 Å². The Hall–Kier alpha value is -3.17. The molecule has 172 valence electrons. The molecular weight excluding hydrogens is 444 g/mol. The van der Waals surface area contributed by atoms with E-state index in [9.17, 15) is 4.79 Å². The van der Waals surface area contributed by atoms with Crippen molar-refractivity contribution >= 4 is 28.9 Å². The van der Waals surface area contributed by atoms with Gasteiger partial charge in [-0.15, -0.1) is 10.2 Å². The third-order valence-corrected chi connectivity index (χ3v) is 6.72. The highest BCUT2D eigenvalue weighted by atomic mass is 35.5. The number of anilines is 2. The summed E-state index contributed by atoms with van der Waals surface area (Å²) in [5.41, 5.74) is 8.11. The number of benzene rings is 1. The zero-order chi connectivity index (χ0) is 23.0. The minimum atomic E-state index is -0.710. The Morgan fingerprint density at radius 3 is 2.91 bits per heavy atom. The molecule has 3 aromatic rings. The van der Waals surface area contributed by atoms with E-state index < -0.39 is 5.91 Å². The van der Waals surface area contributed by atoms with Crippen LogP contribution in [0.4, 0.5) is 11.4 Å². The predicted molar refractivity (Wildman–Crippen MR) is 124 cm³/mol. The normalized spacial score (nSPS) is 22.1. The Kier molecular flexibility index (Phi) is 5.67. The van der Waals surface area contributed by atoms with Crippen LogP contribution in [-0.4, -0.2) is 45.2 Å². The molecule has 10 heteroatoms. The lowest BCUT2D eigenvalue weighted by atomic mass is 9.94. The molecule has 1 saturated carbocycles. The fraction of sp³-hybridized carbons (Fsp3) is 0.391. The fourth-order valence-electron chi connectivity index (χ4n) is 5.10. The van der Waals surface area contributed by atoms with Crippen LogP contribution in [0.2, 0.25) is 5.15 Å². The predicted octanol–water partition coefficient (Wildman–Crippen LogP) is 4.12. The number of carbonyl (C=O) groups is 1. The second-order valence-electron chi connectivity index (χ2n) is 8.44. The van der Waals surface area contributed by atoms with Gasteiger partial charge in [0.15, 0.2) is 10.8 Å². The number of aromatic nitrogens is 4. The molecule has 3 heterocycles. The number of para-hydroxylation sites is 1. The number of amides is 1. The Morgan fingerprint density at radius 2 is 2.15 bits per heavy atom. The van der Waals surface area contributed by atoms with E-state index in [-0.39, 0.29) is 22.5 Å². The van der Waals surface area contributed by atoms with Crippen molar-refractivity contribution in [3.8, 4) is 16.9 Å². The molecule has 1 spiro atoms. The number of primary amides is 1. The molecule has 1 saturated heterocycles. The van der Waals surface area contributed by atoms with Crippen LogP contribution in [0.15, 0.2) is 36.7 Å². The molecular formula is C23H25ClN6O3. The van der Waals surface area contributed by atoms with Gasteiger partial charge in [0, 0.05) is 30.0 Å². The molecule has 1 amide bonds. The van der Waals surface area contributed by atoms with Gasteiger partial charge in [-0.25, -0.2) is 0 Å². The van der Waals surface area contributed by atoms with Crippen LogP contribution in [0.5, 0.6) is 5.75 Å². The maximum Gasteiger partial charge on any atom is 0.271 e. The number of methoxy groups -OCH3 is 1. The molecule has 2 fully saturated rings. The smallest absolute Gasteiger partial charge is 0.271 e. The highest BCUT2D eigenvalue weighted by Crippen LogP contribution is 2.48. The number of ether oxygens (including phenoxy) is 2. The van der Waals surface area contributed by atoms with Crippen LogP contribution in [-0.2, 0) is 4.74 Å². The van der Waals surface area contributed by atoms with Crippen molar-refractivity contribution in [2.24, 2.45) is 5.73 Å². The van der Waals surface area contributed by atoms with Gasteiger partial charge in [0.25, 0.3) is 5.91 Å². The second kappa shape index (κ2) is 8.64. The molecule has 0 bridgehead atoms. The van der Waals surface area contributed by atoms with E-state index in [1.807, 2.05) is 29.1 Å². The van der Waals surface area contributed by atoms with E-state index >= 15 is 0 Å². The molecule has 33 heavy (non-hydrogen) atoms. The van der Waals surface area contributed by atoms with Crippen molar-refractivity contribution in [3.63, 3.8) is 0 Å². The summed E-state index contributed by atoms with van der Waals surface area (Å²) in [5.74, 6) is -0.114. The molecule has 1 aromatic carbocycles. The van der Waals surface area contributed by atoms with Crippen LogP contribution in [0, 0.1) is 0 Å². The van der Waals surface area contributed by atoms with Gasteiger partial charge in [-0.3, -0.25) is 9.48 Å². The first-order valence-electron chi connectivity index (χ1n) is 11.0. The van der Waals surface area contributed by atoms with Gasteiger partial charge in [0.1, 0.15) is 5.75 Å².